The molecule has 0 aliphatic heterocycles. The van der Waals surface area contributed by atoms with Crippen molar-refractivity contribution in [2.24, 2.45) is 7.05 Å². The maximum atomic E-state index is 12.6. The molecule has 7 nitrogen and oxygen atoms in total. The Morgan fingerprint density at radius 3 is 2.86 bits per heavy atom. The fraction of sp³-hybridized carbons (Fsp3) is 0.136. The molecule has 146 valence electrons. The summed E-state index contributed by atoms with van der Waals surface area (Å²) in [6.07, 6.45) is 4.79. The molecule has 1 aromatic carbocycles. The van der Waals surface area contributed by atoms with Gasteiger partial charge in [0.05, 0.1) is 6.54 Å². The summed E-state index contributed by atoms with van der Waals surface area (Å²) >= 11 is 0. The second-order valence-electron chi connectivity index (χ2n) is 7.03. The molecule has 0 saturated carbocycles. The Kier molecular flexibility index (Phi) is 4.64. The van der Waals surface area contributed by atoms with Crippen molar-refractivity contribution in [2.45, 2.75) is 6.54 Å². The molecule has 0 aliphatic carbocycles. The SMILES string of the molecule is CN(Cc1cc2ccccc2n1C)C(=O)/C=C/c1cnc2[nH]c(=O)cc(N)c2c1. The highest BCUT2D eigenvalue weighted by molar-refractivity contribution is 5.93. The van der Waals surface area contributed by atoms with Crippen LogP contribution in [0.5, 0.6) is 0 Å². The van der Waals surface area contributed by atoms with Gasteiger partial charge in [-0.1, -0.05) is 18.2 Å². The van der Waals surface area contributed by atoms with Gasteiger partial charge in [0.25, 0.3) is 5.56 Å². The highest BCUT2D eigenvalue weighted by Crippen LogP contribution is 2.20. The number of nitrogen functional groups attached to an aromatic ring is 1. The number of carbonyl (C=O) groups is 1. The number of aromatic amines is 1. The molecule has 7 heteroatoms. The van der Waals surface area contributed by atoms with Crippen LogP contribution in [0.2, 0.25) is 0 Å². The fourth-order valence-electron chi connectivity index (χ4n) is 3.38. The number of nitrogens with one attached hydrogen (secondary N) is 1. The van der Waals surface area contributed by atoms with E-state index in [1.165, 1.54) is 12.1 Å². The first-order valence-corrected chi connectivity index (χ1v) is 9.17. The van der Waals surface area contributed by atoms with Gasteiger partial charge in [-0.3, -0.25) is 9.59 Å². The third-order valence-corrected chi connectivity index (χ3v) is 4.99. The fourth-order valence-corrected chi connectivity index (χ4v) is 3.38. The molecular formula is C22H21N5O2. The zero-order valence-electron chi connectivity index (χ0n) is 16.2. The topological polar surface area (TPSA) is 97.0 Å². The minimum absolute atomic E-state index is 0.121. The quantitative estimate of drug-likeness (QED) is 0.526. The maximum Gasteiger partial charge on any atom is 0.251 e. The van der Waals surface area contributed by atoms with E-state index in [0.717, 1.165) is 22.2 Å². The molecule has 3 N–H and O–H groups in total. The molecular weight excluding hydrogens is 366 g/mol. The average Bonchev–Trinajstić information content (AvgIpc) is 3.02. The van der Waals surface area contributed by atoms with Crippen LogP contribution >= 0.6 is 0 Å². The van der Waals surface area contributed by atoms with Gasteiger partial charge in [0.1, 0.15) is 5.65 Å². The van der Waals surface area contributed by atoms with Gasteiger partial charge in [-0.2, -0.15) is 0 Å². The van der Waals surface area contributed by atoms with Crippen LogP contribution in [0.3, 0.4) is 0 Å². The number of anilines is 1. The summed E-state index contributed by atoms with van der Waals surface area (Å²) in [4.78, 5) is 32.5. The van der Waals surface area contributed by atoms with E-state index in [2.05, 4.69) is 32.7 Å². The van der Waals surface area contributed by atoms with Gasteiger partial charge >= 0.3 is 0 Å². The molecule has 0 unspecified atom stereocenters. The third kappa shape index (κ3) is 3.62. The Bertz CT molecular complexity index is 1320. The van der Waals surface area contributed by atoms with Gasteiger partial charge in [-0.25, -0.2) is 4.98 Å². The summed E-state index contributed by atoms with van der Waals surface area (Å²) < 4.78 is 2.10. The van der Waals surface area contributed by atoms with E-state index in [-0.39, 0.29) is 11.5 Å². The van der Waals surface area contributed by atoms with Crippen LogP contribution in [0.25, 0.3) is 28.0 Å². The lowest BCUT2D eigenvalue weighted by Crippen LogP contribution is -2.25. The van der Waals surface area contributed by atoms with Crippen LogP contribution in [0.15, 0.2) is 59.5 Å². The Labute approximate surface area is 167 Å². The first kappa shape index (κ1) is 18.5. The molecule has 0 saturated heterocycles. The summed E-state index contributed by atoms with van der Waals surface area (Å²) in [6, 6.07) is 13.3. The lowest BCUT2D eigenvalue weighted by Gasteiger charge is -2.15. The van der Waals surface area contributed by atoms with Crippen molar-refractivity contribution in [2.75, 3.05) is 12.8 Å². The first-order valence-electron chi connectivity index (χ1n) is 9.17. The van der Waals surface area contributed by atoms with Crippen LogP contribution in [0.4, 0.5) is 5.69 Å². The van der Waals surface area contributed by atoms with Crippen LogP contribution < -0.4 is 11.3 Å². The van der Waals surface area contributed by atoms with Crippen LogP contribution in [0.1, 0.15) is 11.3 Å². The van der Waals surface area contributed by atoms with E-state index < -0.39 is 0 Å². The van der Waals surface area contributed by atoms with Crippen molar-refractivity contribution < 1.29 is 4.79 Å². The van der Waals surface area contributed by atoms with Crippen molar-refractivity contribution in [3.8, 4) is 0 Å². The normalized spacial score (nSPS) is 11.5. The second kappa shape index (κ2) is 7.27. The van der Waals surface area contributed by atoms with E-state index in [4.69, 9.17) is 5.73 Å². The number of rotatable bonds is 4. The van der Waals surface area contributed by atoms with E-state index >= 15 is 0 Å². The Morgan fingerprint density at radius 1 is 1.28 bits per heavy atom. The standard InChI is InChI=1S/C22H21N5O2/c1-26(13-16-10-15-5-3-4-6-19(15)27(16)2)21(29)8-7-14-9-17-18(23)11-20(28)25-22(17)24-12-14/h3-12H,13H2,1-2H3,(H3,23,24,25,28)/b8-7+. The zero-order chi connectivity index (χ0) is 20.5. The number of amides is 1. The van der Waals surface area contributed by atoms with Crippen molar-refractivity contribution in [1.82, 2.24) is 19.4 Å². The molecule has 0 aliphatic rings. The highest BCUT2D eigenvalue weighted by Gasteiger charge is 2.11. The number of hydrogen-bond donors (Lipinski definition) is 2. The average molecular weight is 387 g/mol. The summed E-state index contributed by atoms with van der Waals surface area (Å²) in [5, 5.41) is 1.79. The summed E-state index contributed by atoms with van der Waals surface area (Å²) in [6.45, 7) is 0.499. The zero-order valence-corrected chi connectivity index (χ0v) is 16.2. The van der Waals surface area contributed by atoms with Crippen molar-refractivity contribution in [1.29, 1.82) is 0 Å². The predicted molar refractivity (Wildman–Crippen MR) is 115 cm³/mol. The summed E-state index contributed by atoms with van der Waals surface area (Å²) in [7, 11) is 3.77. The van der Waals surface area contributed by atoms with E-state index in [1.54, 1.807) is 30.3 Å². The lowest BCUT2D eigenvalue weighted by molar-refractivity contribution is -0.125. The molecule has 0 spiro atoms. The van der Waals surface area contributed by atoms with E-state index in [9.17, 15) is 9.59 Å². The van der Waals surface area contributed by atoms with Crippen LogP contribution in [-0.4, -0.2) is 32.4 Å². The summed E-state index contributed by atoms with van der Waals surface area (Å²) in [5.74, 6) is -0.121. The molecule has 0 bridgehead atoms. The third-order valence-electron chi connectivity index (χ3n) is 4.99. The number of aryl methyl sites for hydroxylation is 1. The molecule has 3 aromatic heterocycles. The van der Waals surface area contributed by atoms with Crippen molar-refractivity contribution in [3.05, 3.63) is 76.3 Å². The first-order chi connectivity index (χ1) is 13.9. The van der Waals surface area contributed by atoms with Crippen LogP contribution in [0, 0.1) is 0 Å². The summed E-state index contributed by atoms with van der Waals surface area (Å²) in [5.41, 5.74) is 9.30. The number of H-pyrrole nitrogens is 1. The van der Waals surface area contributed by atoms with Gasteiger partial charge in [0, 0.05) is 54.7 Å². The molecule has 4 rings (SSSR count). The number of likely N-dealkylation sites (N-methyl/N-ethyl adjacent to an activating group) is 1. The number of pyridine rings is 2. The van der Waals surface area contributed by atoms with Crippen molar-refractivity contribution in [3.63, 3.8) is 0 Å². The largest absolute Gasteiger partial charge is 0.398 e. The van der Waals surface area contributed by atoms with Crippen molar-refractivity contribution >= 4 is 39.6 Å². The molecule has 0 atom stereocenters. The van der Waals surface area contributed by atoms with Gasteiger partial charge < -0.3 is 20.2 Å². The minimum Gasteiger partial charge on any atom is -0.398 e. The monoisotopic (exact) mass is 387 g/mol. The van der Waals surface area contributed by atoms with Gasteiger partial charge in [-0.15, -0.1) is 0 Å². The Morgan fingerprint density at radius 2 is 2.07 bits per heavy atom. The van der Waals surface area contributed by atoms with Gasteiger partial charge in [0.15, 0.2) is 0 Å². The lowest BCUT2D eigenvalue weighted by atomic mass is 10.2. The number of benzene rings is 1. The highest BCUT2D eigenvalue weighted by atomic mass is 16.2. The molecule has 0 radical (unpaired) electrons. The Hall–Kier alpha value is -3.87. The molecule has 4 aromatic rings. The number of nitrogens with zero attached hydrogens (tertiary/aromatic N) is 3. The smallest absolute Gasteiger partial charge is 0.251 e. The number of hydrogen-bond acceptors (Lipinski definition) is 4. The van der Waals surface area contributed by atoms with E-state index in [1.807, 2.05) is 19.2 Å². The molecule has 3 heterocycles. The number of para-hydroxylation sites is 1. The van der Waals surface area contributed by atoms with Gasteiger partial charge in [0.2, 0.25) is 5.91 Å². The van der Waals surface area contributed by atoms with E-state index in [0.29, 0.717) is 23.3 Å². The minimum atomic E-state index is -0.295. The number of carbonyl (C=O) groups excluding carboxylic acids is 1. The maximum absolute atomic E-state index is 12.6. The predicted octanol–water partition coefficient (Wildman–Crippen LogP) is 2.67. The number of aromatic nitrogens is 3. The number of fused-ring (bicyclic) bond motifs is 2. The molecule has 29 heavy (non-hydrogen) atoms. The Balaban J connectivity index is 1.52. The molecule has 0 fully saturated rings. The second-order valence-corrected chi connectivity index (χ2v) is 7.03. The van der Waals surface area contributed by atoms with Gasteiger partial charge in [-0.05, 0) is 35.2 Å². The molecule has 1 amide bonds. The number of nitrogens with two attached hydrogens (primary N) is 1. The van der Waals surface area contributed by atoms with Crippen LogP contribution in [-0.2, 0) is 18.4 Å².